The molecule has 1 heterocycles. The third-order valence-corrected chi connectivity index (χ3v) is 2.83. The second-order valence-electron chi connectivity index (χ2n) is 4.17. The third-order valence-electron chi connectivity index (χ3n) is 2.83. The first kappa shape index (κ1) is 14.2. The zero-order valence-electron chi connectivity index (χ0n) is 9.81. The van der Waals surface area contributed by atoms with Crippen molar-refractivity contribution in [2.24, 2.45) is 0 Å². The van der Waals surface area contributed by atoms with Crippen LogP contribution in [0.4, 0.5) is 13.2 Å². The monoisotopic (exact) mass is 253 g/mol. The van der Waals surface area contributed by atoms with Gasteiger partial charge in [-0.25, -0.2) is 0 Å². The smallest absolute Gasteiger partial charge is 0.358 e. The van der Waals surface area contributed by atoms with Crippen molar-refractivity contribution in [3.05, 3.63) is 0 Å². The van der Waals surface area contributed by atoms with Gasteiger partial charge in [0.2, 0.25) is 5.91 Å². The molecule has 1 saturated heterocycles. The Labute approximate surface area is 98.5 Å². The molecule has 1 fully saturated rings. The van der Waals surface area contributed by atoms with Crippen molar-refractivity contribution in [1.82, 2.24) is 15.5 Å². The normalized spacial score (nSPS) is 18.4. The summed E-state index contributed by atoms with van der Waals surface area (Å²) in [6.45, 7) is 0.186. The van der Waals surface area contributed by atoms with Gasteiger partial charge in [0.05, 0.1) is 13.1 Å². The Morgan fingerprint density at radius 2 is 2.00 bits per heavy atom. The van der Waals surface area contributed by atoms with Crippen molar-refractivity contribution in [1.29, 1.82) is 0 Å². The number of carbonyl (C=O) groups excluding carboxylic acids is 1. The van der Waals surface area contributed by atoms with Crippen LogP contribution < -0.4 is 10.6 Å². The lowest BCUT2D eigenvalue weighted by molar-refractivity contribution is -0.154. The summed E-state index contributed by atoms with van der Waals surface area (Å²) in [7, 11) is 1.43. The van der Waals surface area contributed by atoms with E-state index in [0.717, 1.165) is 0 Å². The quantitative estimate of drug-likeness (QED) is 0.760. The van der Waals surface area contributed by atoms with Crippen LogP contribution in [0.1, 0.15) is 12.8 Å². The lowest BCUT2D eigenvalue weighted by atomic mass is 10.0. The molecule has 0 aliphatic carbocycles. The molecule has 100 valence electrons. The highest BCUT2D eigenvalue weighted by Gasteiger charge is 2.34. The van der Waals surface area contributed by atoms with Gasteiger partial charge in [0, 0.05) is 13.1 Å². The Kier molecular flexibility index (Phi) is 5.20. The van der Waals surface area contributed by atoms with E-state index in [1.165, 1.54) is 11.9 Å². The first-order chi connectivity index (χ1) is 7.92. The Balaban J connectivity index is 2.59. The lowest BCUT2D eigenvalue weighted by Crippen LogP contribution is -2.50. The molecule has 1 aliphatic rings. The summed E-state index contributed by atoms with van der Waals surface area (Å²) in [4.78, 5) is 12.4. The van der Waals surface area contributed by atoms with E-state index in [1.54, 1.807) is 0 Å². The lowest BCUT2D eigenvalue weighted by Gasteiger charge is -2.34. The predicted octanol–water partition coefficient (Wildman–Crippen LogP) is 0.349. The molecule has 0 unspecified atom stereocenters. The van der Waals surface area contributed by atoms with Gasteiger partial charge in [0.15, 0.2) is 0 Å². The molecule has 0 aromatic carbocycles. The fraction of sp³-hybridized carbons (Fsp3) is 0.900. The van der Waals surface area contributed by atoms with E-state index in [-0.39, 0.29) is 18.5 Å². The second kappa shape index (κ2) is 6.20. The van der Waals surface area contributed by atoms with E-state index in [9.17, 15) is 18.0 Å². The molecule has 1 aliphatic heterocycles. The minimum atomic E-state index is -4.26. The molecule has 1 amide bonds. The molecular weight excluding hydrogens is 235 g/mol. The number of piperidine rings is 1. The molecule has 0 saturated carbocycles. The number of amides is 1. The van der Waals surface area contributed by atoms with Crippen LogP contribution in [0.3, 0.4) is 0 Å². The molecule has 1 rings (SSSR count). The van der Waals surface area contributed by atoms with E-state index in [4.69, 9.17) is 0 Å². The van der Waals surface area contributed by atoms with Crippen molar-refractivity contribution in [3.63, 3.8) is 0 Å². The van der Waals surface area contributed by atoms with Crippen molar-refractivity contribution in [3.8, 4) is 0 Å². The molecular formula is C10H18F3N3O. The van der Waals surface area contributed by atoms with Crippen LogP contribution in [0.25, 0.3) is 0 Å². The molecule has 0 atom stereocenters. The van der Waals surface area contributed by atoms with E-state index < -0.39 is 12.7 Å². The highest BCUT2D eigenvalue weighted by atomic mass is 19.4. The number of hydrogen-bond acceptors (Lipinski definition) is 3. The average Bonchev–Trinajstić information content (AvgIpc) is 2.27. The molecule has 17 heavy (non-hydrogen) atoms. The summed E-state index contributed by atoms with van der Waals surface area (Å²) >= 11 is 0. The van der Waals surface area contributed by atoms with Gasteiger partial charge in [-0.3, -0.25) is 9.69 Å². The van der Waals surface area contributed by atoms with Crippen molar-refractivity contribution >= 4 is 5.91 Å². The maximum absolute atomic E-state index is 12.4. The molecule has 7 heteroatoms. The van der Waals surface area contributed by atoms with Gasteiger partial charge in [0.1, 0.15) is 0 Å². The highest BCUT2D eigenvalue weighted by Crippen LogP contribution is 2.20. The fourth-order valence-corrected chi connectivity index (χ4v) is 1.98. The maximum atomic E-state index is 12.4. The summed E-state index contributed by atoms with van der Waals surface area (Å²) in [6, 6.07) is -0.171. The SMILES string of the molecule is CNC(=O)CN(CC(F)(F)F)C1CCNCC1. The standard InChI is InChI=1S/C10H18F3N3O/c1-14-9(17)6-16(7-10(11,12)13)8-2-4-15-5-3-8/h8,15H,2-7H2,1H3,(H,14,17). The summed E-state index contributed by atoms with van der Waals surface area (Å²) in [5.41, 5.74) is 0. The molecule has 4 nitrogen and oxygen atoms in total. The molecule has 2 N–H and O–H groups in total. The number of hydrogen-bond donors (Lipinski definition) is 2. The van der Waals surface area contributed by atoms with Gasteiger partial charge in [-0.15, -0.1) is 0 Å². The number of rotatable bonds is 4. The topological polar surface area (TPSA) is 44.4 Å². The van der Waals surface area contributed by atoms with Crippen molar-refractivity contribution < 1.29 is 18.0 Å². The van der Waals surface area contributed by atoms with Crippen LogP contribution >= 0.6 is 0 Å². The van der Waals surface area contributed by atoms with E-state index >= 15 is 0 Å². The van der Waals surface area contributed by atoms with Gasteiger partial charge >= 0.3 is 6.18 Å². The number of alkyl halides is 3. The van der Waals surface area contributed by atoms with E-state index in [2.05, 4.69) is 10.6 Å². The Bertz CT molecular complexity index is 252. The fourth-order valence-electron chi connectivity index (χ4n) is 1.98. The number of nitrogens with zero attached hydrogens (tertiary/aromatic N) is 1. The number of halogens is 3. The zero-order chi connectivity index (χ0) is 12.9. The van der Waals surface area contributed by atoms with Crippen LogP contribution in [-0.2, 0) is 4.79 Å². The number of carbonyl (C=O) groups is 1. The van der Waals surface area contributed by atoms with Crippen molar-refractivity contribution in [2.75, 3.05) is 33.2 Å². The minimum absolute atomic E-state index is 0.171. The van der Waals surface area contributed by atoms with Gasteiger partial charge in [0.25, 0.3) is 0 Å². The van der Waals surface area contributed by atoms with Crippen LogP contribution in [0.15, 0.2) is 0 Å². The maximum Gasteiger partial charge on any atom is 0.401 e. The first-order valence-electron chi connectivity index (χ1n) is 5.64. The Morgan fingerprint density at radius 3 is 2.47 bits per heavy atom. The number of likely N-dealkylation sites (N-methyl/N-ethyl adjacent to an activating group) is 1. The zero-order valence-corrected chi connectivity index (χ0v) is 9.81. The Morgan fingerprint density at radius 1 is 1.41 bits per heavy atom. The van der Waals surface area contributed by atoms with Gasteiger partial charge < -0.3 is 10.6 Å². The minimum Gasteiger partial charge on any atom is -0.358 e. The van der Waals surface area contributed by atoms with Crippen LogP contribution in [0.2, 0.25) is 0 Å². The first-order valence-corrected chi connectivity index (χ1v) is 5.64. The van der Waals surface area contributed by atoms with Crippen LogP contribution in [-0.4, -0.2) is 56.3 Å². The molecule has 0 radical (unpaired) electrons. The highest BCUT2D eigenvalue weighted by molar-refractivity contribution is 5.77. The van der Waals surface area contributed by atoms with Crippen molar-refractivity contribution in [2.45, 2.75) is 25.1 Å². The predicted molar refractivity (Wildman–Crippen MR) is 57.6 cm³/mol. The van der Waals surface area contributed by atoms with E-state index in [1.807, 2.05) is 0 Å². The second-order valence-corrected chi connectivity index (χ2v) is 4.17. The molecule has 0 bridgehead atoms. The molecule has 0 aromatic heterocycles. The summed E-state index contributed by atoms with van der Waals surface area (Å²) in [5.74, 6) is -0.382. The number of nitrogens with one attached hydrogen (secondary N) is 2. The van der Waals surface area contributed by atoms with Crippen LogP contribution in [0, 0.1) is 0 Å². The van der Waals surface area contributed by atoms with Crippen LogP contribution in [0.5, 0.6) is 0 Å². The third kappa shape index (κ3) is 5.36. The Hall–Kier alpha value is -0.820. The van der Waals surface area contributed by atoms with Gasteiger partial charge in [-0.1, -0.05) is 0 Å². The summed E-state index contributed by atoms with van der Waals surface area (Å²) in [5, 5.41) is 5.45. The van der Waals surface area contributed by atoms with Gasteiger partial charge in [-0.2, -0.15) is 13.2 Å². The summed E-state index contributed by atoms with van der Waals surface area (Å²) < 4.78 is 37.3. The largest absolute Gasteiger partial charge is 0.401 e. The molecule has 0 aromatic rings. The summed E-state index contributed by atoms with van der Waals surface area (Å²) in [6.07, 6.45) is -2.97. The van der Waals surface area contributed by atoms with E-state index in [0.29, 0.717) is 25.9 Å². The average molecular weight is 253 g/mol. The molecule has 0 spiro atoms. The van der Waals surface area contributed by atoms with Gasteiger partial charge in [-0.05, 0) is 25.9 Å².